The maximum Gasteiger partial charge on any atom is 0.271 e. The molecule has 1 amide bonds. The van der Waals surface area contributed by atoms with Crippen LogP contribution < -0.4 is 10.1 Å². The Morgan fingerprint density at radius 2 is 2.00 bits per heavy atom. The molecule has 8 heteroatoms. The van der Waals surface area contributed by atoms with Gasteiger partial charge in [-0.2, -0.15) is 0 Å². The summed E-state index contributed by atoms with van der Waals surface area (Å²) in [7, 11) is 0. The number of carbonyl (C=O) groups excluding carboxylic acids is 1. The van der Waals surface area contributed by atoms with E-state index in [1.807, 2.05) is 30.3 Å². The van der Waals surface area contributed by atoms with Gasteiger partial charge in [-0.05, 0) is 25.1 Å². The average Bonchev–Trinajstić information content (AvgIpc) is 3.02. The largest absolute Gasteiger partial charge is 0.486 e. The Morgan fingerprint density at radius 1 is 1.23 bits per heavy atom. The molecular weight excluding hydrogens is 354 g/mol. The second kappa shape index (κ2) is 7.75. The number of aryl methyl sites for hydroxylation is 1. The van der Waals surface area contributed by atoms with Gasteiger partial charge in [-0.1, -0.05) is 24.3 Å². The van der Waals surface area contributed by atoms with Crippen LogP contribution in [0.5, 0.6) is 5.75 Å². The lowest BCUT2D eigenvalue weighted by atomic mass is 10.2. The van der Waals surface area contributed by atoms with Gasteiger partial charge in [0.05, 0.1) is 10.6 Å². The third-order valence-electron chi connectivity index (χ3n) is 3.47. The van der Waals surface area contributed by atoms with E-state index in [-0.39, 0.29) is 18.2 Å². The number of hydrogen-bond donors (Lipinski definition) is 1. The fourth-order valence-electron chi connectivity index (χ4n) is 2.27. The van der Waals surface area contributed by atoms with Crippen molar-refractivity contribution in [2.24, 2.45) is 0 Å². The van der Waals surface area contributed by atoms with Gasteiger partial charge in [0.25, 0.3) is 11.6 Å². The molecule has 26 heavy (non-hydrogen) atoms. The molecule has 1 aromatic heterocycles. The Hall–Kier alpha value is -3.26. The SMILES string of the molecule is Cc1nc(COc2ccccc2)sc1C(=O)Nc1cccc([N+](=O)[O-])c1. The molecule has 0 spiro atoms. The number of benzene rings is 2. The van der Waals surface area contributed by atoms with Crippen LogP contribution in [-0.2, 0) is 6.61 Å². The van der Waals surface area contributed by atoms with Gasteiger partial charge in [0, 0.05) is 17.8 Å². The number of aromatic nitrogens is 1. The van der Waals surface area contributed by atoms with Gasteiger partial charge < -0.3 is 10.1 Å². The van der Waals surface area contributed by atoms with Crippen molar-refractivity contribution < 1.29 is 14.5 Å². The molecular formula is C18H15N3O4S. The summed E-state index contributed by atoms with van der Waals surface area (Å²) in [6, 6.07) is 15.1. The molecule has 0 atom stereocenters. The van der Waals surface area contributed by atoms with Crippen molar-refractivity contribution in [2.45, 2.75) is 13.5 Å². The quantitative estimate of drug-likeness (QED) is 0.519. The van der Waals surface area contributed by atoms with Crippen molar-refractivity contribution >= 4 is 28.6 Å². The first kappa shape index (κ1) is 17.6. The van der Waals surface area contributed by atoms with Gasteiger partial charge in [-0.25, -0.2) is 4.98 Å². The molecule has 0 saturated carbocycles. The molecule has 132 valence electrons. The van der Waals surface area contributed by atoms with Crippen molar-refractivity contribution in [2.75, 3.05) is 5.32 Å². The maximum absolute atomic E-state index is 12.5. The summed E-state index contributed by atoms with van der Waals surface area (Å²) in [5, 5.41) is 14.2. The third kappa shape index (κ3) is 4.22. The number of rotatable bonds is 6. The number of hydrogen-bond acceptors (Lipinski definition) is 6. The van der Waals surface area contributed by atoms with E-state index < -0.39 is 4.92 Å². The van der Waals surface area contributed by atoms with Crippen molar-refractivity contribution in [1.82, 2.24) is 4.98 Å². The van der Waals surface area contributed by atoms with E-state index in [0.717, 1.165) is 5.75 Å². The summed E-state index contributed by atoms with van der Waals surface area (Å²) in [5.74, 6) is 0.370. The zero-order valence-corrected chi connectivity index (χ0v) is 14.7. The van der Waals surface area contributed by atoms with Crippen LogP contribution in [0, 0.1) is 17.0 Å². The Balaban J connectivity index is 1.69. The molecule has 0 unspecified atom stereocenters. The Bertz CT molecular complexity index is 941. The van der Waals surface area contributed by atoms with E-state index in [1.54, 1.807) is 13.0 Å². The van der Waals surface area contributed by atoms with Crippen LogP contribution in [0.2, 0.25) is 0 Å². The van der Waals surface area contributed by atoms with E-state index >= 15 is 0 Å². The smallest absolute Gasteiger partial charge is 0.271 e. The summed E-state index contributed by atoms with van der Waals surface area (Å²) in [4.78, 5) is 27.6. The number of ether oxygens (including phenoxy) is 1. The molecule has 0 saturated heterocycles. The molecule has 0 fully saturated rings. The minimum Gasteiger partial charge on any atom is -0.486 e. The summed E-state index contributed by atoms with van der Waals surface area (Å²) in [6.45, 7) is 2.00. The lowest BCUT2D eigenvalue weighted by Gasteiger charge is -2.04. The molecule has 1 heterocycles. The van der Waals surface area contributed by atoms with Gasteiger partial charge in [0.15, 0.2) is 0 Å². The maximum atomic E-state index is 12.5. The first-order valence-corrected chi connectivity index (χ1v) is 8.54. The van der Waals surface area contributed by atoms with Crippen molar-refractivity contribution in [1.29, 1.82) is 0 Å². The molecule has 0 aliphatic heterocycles. The standard InChI is InChI=1S/C18H15N3O4S/c1-12-17(18(22)20-13-6-5-7-14(10-13)21(23)24)26-16(19-12)11-25-15-8-3-2-4-9-15/h2-10H,11H2,1H3,(H,20,22). The first-order valence-electron chi connectivity index (χ1n) is 7.73. The molecule has 0 aliphatic rings. The van der Waals surface area contributed by atoms with Gasteiger partial charge in [0.2, 0.25) is 0 Å². The number of para-hydroxylation sites is 1. The number of anilines is 1. The topological polar surface area (TPSA) is 94.4 Å². The van der Waals surface area contributed by atoms with Gasteiger partial charge >= 0.3 is 0 Å². The first-order chi connectivity index (χ1) is 12.5. The van der Waals surface area contributed by atoms with Crippen LogP contribution >= 0.6 is 11.3 Å². The van der Waals surface area contributed by atoms with Crippen LogP contribution in [0.25, 0.3) is 0 Å². The van der Waals surface area contributed by atoms with Crippen LogP contribution in [-0.4, -0.2) is 15.8 Å². The predicted octanol–water partition coefficient (Wildman–Crippen LogP) is 4.19. The molecule has 3 rings (SSSR count). The summed E-state index contributed by atoms with van der Waals surface area (Å²) in [5.41, 5.74) is 0.865. The highest BCUT2D eigenvalue weighted by atomic mass is 32.1. The fourth-order valence-corrected chi connectivity index (χ4v) is 3.14. The van der Waals surface area contributed by atoms with E-state index in [2.05, 4.69) is 10.3 Å². The molecule has 7 nitrogen and oxygen atoms in total. The molecule has 2 aromatic carbocycles. The van der Waals surface area contributed by atoms with Crippen LogP contribution in [0.1, 0.15) is 20.4 Å². The number of nitro groups is 1. The number of amides is 1. The van der Waals surface area contributed by atoms with Crippen molar-refractivity contribution in [3.8, 4) is 5.75 Å². The van der Waals surface area contributed by atoms with E-state index in [4.69, 9.17) is 4.74 Å². The highest BCUT2D eigenvalue weighted by Gasteiger charge is 2.17. The van der Waals surface area contributed by atoms with Gasteiger partial charge in [0.1, 0.15) is 22.2 Å². The molecule has 0 bridgehead atoms. The molecule has 0 radical (unpaired) electrons. The zero-order valence-electron chi connectivity index (χ0n) is 13.8. The fraction of sp³-hybridized carbons (Fsp3) is 0.111. The number of nitrogens with zero attached hydrogens (tertiary/aromatic N) is 2. The summed E-state index contributed by atoms with van der Waals surface area (Å²) >= 11 is 1.23. The normalized spacial score (nSPS) is 10.3. The van der Waals surface area contributed by atoms with Crippen LogP contribution in [0.3, 0.4) is 0 Å². The van der Waals surface area contributed by atoms with Crippen LogP contribution in [0.4, 0.5) is 11.4 Å². The van der Waals surface area contributed by atoms with Crippen molar-refractivity contribution in [3.05, 3.63) is 80.3 Å². The van der Waals surface area contributed by atoms with Gasteiger partial charge in [-0.3, -0.25) is 14.9 Å². The number of nitrogens with one attached hydrogen (secondary N) is 1. The molecule has 0 aliphatic carbocycles. The average molecular weight is 369 g/mol. The Morgan fingerprint density at radius 3 is 2.73 bits per heavy atom. The molecule has 3 aromatic rings. The monoisotopic (exact) mass is 369 g/mol. The zero-order chi connectivity index (χ0) is 18.5. The number of non-ortho nitro benzene ring substituents is 1. The third-order valence-corrected chi connectivity index (χ3v) is 4.60. The molecule has 1 N–H and O–H groups in total. The highest BCUT2D eigenvalue weighted by molar-refractivity contribution is 7.13. The van der Waals surface area contributed by atoms with Crippen molar-refractivity contribution in [3.63, 3.8) is 0 Å². The number of thiazole rings is 1. The Kier molecular flexibility index (Phi) is 5.23. The van der Waals surface area contributed by atoms with E-state index in [9.17, 15) is 14.9 Å². The van der Waals surface area contributed by atoms with E-state index in [1.165, 1.54) is 29.5 Å². The second-order valence-corrected chi connectivity index (χ2v) is 6.47. The predicted molar refractivity (Wildman–Crippen MR) is 98.7 cm³/mol. The van der Waals surface area contributed by atoms with Gasteiger partial charge in [-0.15, -0.1) is 11.3 Å². The summed E-state index contributed by atoms with van der Waals surface area (Å²) < 4.78 is 5.64. The minimum absolute atomic E-state index is 0.0826. The lowest BCUT2D eigenvalue weighted by Crippen LogP contribution is -2.11. The second-order valence-electron chi connectivity index (χ2n) is 5.39. The van der Waals surface area contributed by atoms with Crippen LogP contribution in [0.15, 0.2) is 54.6 Å². The highest BCUT2D eigenvalue weighted by Crippen LogP contribution is 2.23. The summed E-state index contributed by atoms with van der Waals surface area (Å²) in [6.07, 6.45) is 0. The Labute approximate surface area is 153 Å². The number of carbonyl (C=O) groups is 1. The number of nitro benzene ring substituents is 1. The minimum atomic E-state index is -0.507. The lowest BCUT2D eigenvalue weighted by molar-refractivity contribution is -0.384. The van der Waals surface area contributed by atoms with E-state index in [0.29, 0.717) is 21.3 Å².